The summed E-state index contributed by atoms with van der Waals surface area (Å²) in [5.41, 5.74) is 0.638. The van der Waals surface area contributed by atoms with Gasteiger partial charge in [-0.3, -0.25) is 0 Å². The van der Waals surface area contributed by atoms with Crippen molar-refractivity contribution in [1.29, 1.82) is 0 Å². The van der Waals surface area contributed by atoms with Crippen LogP contribution in [-0.2, 0) is 0 Å². The highest BCUT2D eigenvalue weighted by Crippen LogP contribution is 2.23. The first-order valence-corrected chi connectivity index (χ1v) is 5.36. The average molecular weight is 249 g/mol. The first-order chi connectivity index (χ1) is 7.78. The number of hydrogen-bond donors (Lipinski definition) is 1. The molecule has 2 unspecified atom stereocenters. The van der Waals surface area contributed by atoms with Gasteiger partial charge in [0.05, 0.1) is 6.42 Å². The van der Waals surface area contributed by atoms with Gasteiger partial charge in [-0.15, -0.1) is 0 Å². The van der Waals surface area contributed by atoms with Crippen LogP contribution in [0.3, 0.4) is 0 Å². The van der Waals surface area contributed by atoms with Crippen LogP contribution in [-0.4, -0.2) is 12.2 Å². The van der Waals surface area contributed by atoms with Crippen LogP contribution in [0.25, 0.3) is 0 Å². The smallest absolute Gasteiger partial charge is 0.307 e. The summed E-state index contributed by atoms with van der Waals surface area (Å²) in [4.78, 5) is 0. The fourth-order valence-electron chi connectivity index (χ4n) is 1.71. The van der Waals surface area contributed by atoms with Gasteiger partial charge in [0, 0.05) is 12.1 Å². The maximum absolute atomic E-state index is 12.9. The quantitative estimate of drug-likeness (QED) is 0.800. The molecule has 0 aliphatic heterocycles. The fourth-order valence-corrected chi connectivity index (χ4v) is 1.71. The maximum Gasteiger partial charge on any atom is 0.390 e. The standard InChI is InChI=1S/C12H15F4N/c1-8(7-12(14,15)16)17-9(2)10-4-3-5-11(13)6-10/h3-6,8-9,17H,7H2,1-2H3. The van der Waals surface area contributed by atoms with Gasteiger partial charge in [-0.05, 0) is 31.5 Å². The highest BCUT2D eigenvalue weighted by Gasteiger charge is 2.30. The lowest BCUT2D eigenvalue weighted by Gasteiger charge is -2.21. The van der Waals surface area contributed by atoms with E-state index in [0.717, 1.165) is 0 Å². The van der Waals surface area contributed by atoms with Gasteiger partial charge in [0.1, 0.15) is 5.82 Å². The van der Waals surface area contributed by atoms with Crippen LogP contribution in [0.5, 0.6) is 0 Å². The third-order valence-corrected chi connectivity index (χ3v) is 2.42. The van der Waals surface area contributed by atoms with Crippen molar-refractivity contribution in [2.45, 2.75) is 38.5 Å². The molecule has 1 nitrogen and oxygen atoms in total. The Kier molecular flexibility index (Phi) is 4.51. The van der Waals surface area contributed by atoms with E-state index in [1.807, 2.05) is 0 Å². The molecule has 0 amide bonds. The van der Waals surface area contributed by atoms with E-state index in [9.17, 15) is 17.6 Å². The molecule has 1 N–H and O–H groups in total. The van der Waals surface area contributed by atoms with E-state index in [2.05, 4.69) is 5.32 Å². The summed E-state index contributed by atoms with van der Waals surface area (Å²) in [5, 5.41) is 2.79. The third kappa shape index (κ3) is 5.17. The summed E-state index contributed by atoms with van der Waals surface area (Å²) in [6.07, 6.45) is -5.08. The van der Waals surface area contributed by atoms with Crippen LogP contribution >= 0.6 is 0 Å². The normalized spacial score (nSPS) is 15.6. The maximum atomic E-state index is 12.9. The second-order valence-electron chi connectivity index (χ2n) is 4.16. The van der Waals surface area contributed by atoms with Crippen molar-refractivity contribution in [3.05, 3.63) is 35.6 Å². The van der Waals surface area contributed by atoms with Gasteiger partial charge in [-0.25, -0.2) is 4.39 Å². The van der Waals surface area contributed by atoms with Crippen LogP contribution in [0.15, 0.2) is 24.3 Å². The van der Waals surface area contributed by atoms with E-state index < -0.39 is 18.6 Å². The van der Waals surface area contributed by atoms with Crippen molar-refractivity contribution in [2.24, 2.45) is 0 Å². The van der Waals surface area contributed by atoms with Gasteiger partial charge in [0.15, 0.2) is 0 Å². The van der Waals surface area contributed by atoms with Crippen molar-refractivity contribution in [3.8, 4) is 0 Å². The first-order valence-electron chi connectivity index (χ1n) is 5.36. The topological polar surface area (TPSA) is 12.0 Å². The molecule has 1 rings (SSSR count). The summed E-state index contributed by atoms with van der Waals surface area (Å²) in [6, 6.07) is 4.82. The summed E-state index contributed by atoms with van der Waals surface area (Å²) in [7, 11) is 0. The third-order valence-electron chi connectivity index (χ3n) is 2.42. The molecule has 0 aliphatic carbocycles. The first kappa shape index (κ1) is 14.0. The minimum atomic E-state index is -4.19. The molecule has 0 fully saturated rings. The molecule has 0 heterocycles. The van der Waals surface area contributed by atoms with Gasteiger partial charge in [0.25, 0.3) is 0 Å². The van der Waals surface area contributed by atoms with Gasteiger partial charge in [0.2, 0.25) is 0 Å². The van der Waals surface area contributed by atoms with Crippen molar-refractivity contribution >= 4 is 0 Å². The van der Waals surface area contributed by atoms with Crippen LogP contribution < -0.4 is 5.32 Å². The fraction of sp³-hybridized carbons (Fsp3) is 0.500. The van der Waals surface area contributed by atoms with Crippen molar-refractivity contribution < 1.29 is 17.6 Å². The number of alkyl halides is 3. The van der Waals surface area contributed by atoms with Gasteiger partial charge >= 0.3 is 6.18 Å². The number of hydrogen-bond acceptors (Lipinski definition) is 1. The highest BCUT2D eigenvalue weighted by atomic mass is 19.4. The number of nitrogens with one attached hydrogen (secondary N) is 1. The lowest BCUT2D eigenvalue weighted by Crippen LogP contribution is -2.33. The monoisotopic (exact) mass is 249 g/mol. The molecule has 17 heavy (non-hydrogen) atoms. The molecule has 1 aromatic rings. The van der Waals surface area contributed by atoms with Crippen LogP contribution in [0, 0.1) is 5.82 Å². The molecule has 0 saturated carbocycles. The Morgan fingerprint density at radius 3 is 2.41 bits per heavy atom. The second-order valence-corrected chi connectivity index (χ2v) is 4.16. The van der Waals surface area contributed by atoms with Gasteiger partial charge in [-0.2, -0.15) is 13.2 Å². The van der Waals surface area contributed by atoms with Crippen LogP contribution in [0.1, 0.15) is 31.9 Å². The molecule has 0 aliphatic rings. The molecule has 0 bridgehead atoms. The SMILES string of the molecule is CC(CC(F)(F)F)NC(C)c1cccc(F)c1. The molecule has 0 aromatic heterocycles. The predicted octanol–water partition coefficient (Wildman–Crippen LogP) is 3.82. The van der Waals surface area contributed by atoms with E-state index in [0.29, 0.717) is 5.56 Å². The van der Waals surface area contributed by atoms with E-state index in [-0.39, 0.29) is 11.9 Å². The Labute approximate surface area is 97.8 Å². The van der Waals surface area contributed by atoms with Crippen molar-refractivity contribution in [1.82, 2.24) is 5.32 Å². The molecule has 1 aromatic carbocycles. The number of halogens is 4. The predicted molar refractivity (Wildman–Crippen MR) is 58.1 cm³/mol. The Morgan fingerprint density at radius 2 is 1.88 bits per heavy atom. The Morgan fingerprint density at radius 1 is 1.24 bits per heavy atom. The Balaban J connectivity index is 2.57. The summed E-state index contributed by atoms with van der Waals surface area (Å²) in [5.74, 6) is -0.389. The second kappa shape index (κ2) is 5.49. The number of rotatable bonds is 4. The van der Waals surface area contributed by atoms with E-state index in [4.69, 9.17) is 0 Å². The average Bonchev–Trinajstić information content (AvgIpc) is 2.14. The minimum Gasteiger partial charge on any atom is -0.307 e. The lowest BCUT2D eigenvalue weighted by atomic mass is 10.1. The molecule has 96 valence electrons. The largest absolute Gasteiger partial charge is 0.390 e. The molecule has 2 atom stereocenters. The zero-order chi connectivity index (χ0) is 13.1. The zero-order valence-corrected chi connectivity index (χ0v) is 9.68. The van der Waals surface area contributed by atoms with E-state index in [1.54, 1.807) is 13.0 Å². The highest BCUT2D eigenvalue weighted by molar-refractivity contribution is 5.19. The lowest BCUT2D eigenvalue weighted by molar-refractivity contribution is -0.139. The number of benzene rings is 1. The van der Waals surface area contributed by atoms with Gasteiger partial charge < -0.3 is 5.32 Å². The summed E-state index contributed by atoms with van der Waals surface area (Å²) < 4.78 is 49.3. The van der Waals surface area contributed by atoms with E-state index in [1.165, 1.54) is 25.1 Å². The van der Waals surface area contributed by atoms with Gasteiger partial charge in [-0.1, -0.05) is 12.1 Å². The van der Waals surface area contributed by atoms with E-state index >= 15 is 0 Å². The summed E-state index contributed by atoms with van der Waals surface area (Å²) >= 11 is 0. The Bertz CT molecular complexity index is 362. The van der Waals surface area contributed by atoms with Crippen LogP contribution in [0.2, 0.25) is 0 Å². The minimum absolute atomic E-state index is 0.317. The van der Waals surface area contributed by atoms with Crippen molar-refractivity contribution in [2.75, 3.05) is 0 Å². The molecule has 5 heteroatoms. The Hall–Kier alpha value is -1.10. The van der Waals surface area contributed by atoms with Crippen LogP contribution in [0.4, 0.5) is 17.6 Å². The molecule has 0 radical (unpaired) electrons. The molecular weight excluding hydrogens is 234 g/mol. The molecular formula is C12H15F4N. The molecule has 0 saturated heterocycles. The molecule has 0 spiro atoms. The zero-order valence-electron chi connectivity index (χ0n) is 9.68. The summed E-state index contributed by atoms with van der Waals surface area (Å²) in [6.45, 7) is 3.17. The van der Waals surface area contributed by atoms with Crippen molar-refractivity contribution in [3.63, 3.8) is 0 Å².